The fourth-order valence-electron chi connectivity index (χ4n) is 2.16. The summed E-state index contributed by atoms with van der Waals surface area (Å²) in [7, 11) is 0. The Hall–Kier alpha value is -3.16. The number of primary amides is 1. The molecule has 2 rings (SSSR count). The van der Waals surface area contributed by atoms with Gasteiger partial charge in [-0.25, -0.2) is 0 Å². The minimum Gasteiger partial charge on any atom is -0.382 e. The molecule has 0 aliphatic rings. The van der Waals surface area contributed by atoms with Gasteiger partial charge >= 0.3 is 0 Å². The molecule has 0 aliphatic heterocycles. The predicted octanol–water partition coefficient (Wildman–Crippen LogP) is 2.74. The van der Waals surface area contributed by atoms with Crippen LogP contribution in [-0.4, -0.2) is 28.6 Å². The molecule has 0 atom stereocenters. The van der Waals surface area contributed by atoms with Crippen LogP contribution < -0.4 is 21.7 Å². The largest absolute Gasteiger partial charge is 0.382 e. The molecular weight excluding hydrogens is 332 g/mol. The normalized spacial score (nSPS) is 10.9. The smallest absolute Gasteiger partial charge is 0.271 e. The maximum Gasteiger partial charge on any atom is 0.271 e. The minimum absolute atomic E-state index is 0.0124. The summed E-state index contributed by atoms with van der Waals surface area (Å²) >= 11 is 0. The summed E-state index contributed by atoms with van der Waals surface area (Å²) in [6.45, 7) is 8.31. The van der Waals surface area contributed by atoms with Gasteiger partial charge in [-0.05, 0) is 23.6 Å². The van der Waals surface area contributed by atoms with Gasteiger partial charge in [0.1, 0.15) is 0 Å². The second kappa shape index (κ2) is 7.81. The highest BCUT2D eigenvalue weighted by Gasteiger charge is 2.16. The lowest BCUT2D eigenvalue weighted by molar-refractivity contribution is -0.114. The molecule has 0 radical (unpaired) electrons. The van der Waals surface area contributed by atoms with Crippen LogP contribution in [0.1, 0.15) is 38.2 Å². The number of nitrogens with zero attached hydrogens (tertiary/aromatic N) is 2. The van der Waals surface area contributed by atoms with Crippen LogP contribution >= 0.6 is 0 Å². The molecule has 138 valence electrons. The van der Waals surface area contributed by atoms with E-state index in [9.17, 15) is 9.59 Å². The van der Waals surface area contributed by atoms with E-state index in [0.29, 0.717) is 23.7 Å². The van der Waals surface area contributed by atoms with E-state index < -0.39 is 5.91 Å². The van der Waals surface area contributed by atoms with Crippen LogP contribution in [0.3, 0.4) is 0 Å². The zero-order valence-electron chi connectivity index (χ0n) is 15.4. The number of benzene rings is 1. The molecule has 0 saturated heterocycles. The Labute approximate surface area is 152 Å². The van der Waals surface area contributed by atoms with E-state index in [1.807, 2.05) is 6.07 Å². The molecule has 26 heavy (non-hydrogen) atoms. The van der Waals surface area contributed by atoms with Crippen molar-refractivity contribution in [1.82, 2.24) is 10.2 Å². The molecule has 0 spiro atoms. The van der Waals surface area contributed by atoms with Crippen LogP contribution in [0.4, 0.5) is 22.9 Å². The lowest BCUT2D eigenvalue weighted by Gasteiger charge is -2.20. The van der Waals surface area contributed by atoms with Crippen molar-refractivity contribution in [3.8, 4) is 0 Å². The fourth-order valence-corrected chi connectivity index (χ4v) is 2.16. The van der Waals surface area contributed by atoms with E-state index in [4.69, 9.17) is 5.73 Å². The lowest BCUT2D eigenvalue weighted by atomic mass is 9.97. The summed E-state index contributed by atoms with van der Waals surface area (Å²) in [6.07, 6.45) is 0. The number of nitrogens with one attached hydrogen (secondary N) is 3. The first-order valence-electron chi connectivity index (χ1n) is 8.20. The number of rotatable bonds is 6. The van der Waals surface area contributed by atoms with Gasteiger partial charge in [-0.2, -0.15) is 0 Å². The van der Waals surface area contributed by atoms with Crippen molar-refractivity contribution in [2.75, 3.05) is 22.5 Å². The Morgan fingerprint density at radius 2 is 1.81 bits per heavy atom. The maximum atomic E-state index is 11.6. The molecular formula is C18H24N6O2. The summed E-state index contributed by atoms with van der Waals surface area (Å²) in [5.41, 5.74) is 7.38. The van der Waals surface area contributed by atoms with Crippen LogP contribution in [0.25, 0.3) is 0 Å². The van der Waals surface area contributed by atoms with Crippen LogP contribution in [0.5, 0.6) is 0 Å². The standard InChI is InChI=1S/C18H24N6O2/c1-11(25)21-12-6-5-7-13(8-12)22-15-9-14(20-10-18(2,3)4)16(17(19)26)24-23-15/h5-9H,10H2,1-4H3,(H2,19,26)(H,21,25)(H2,20,22,23). The summed E-state index contributed by atoms with van der Waals surface area (Å²) in [4.78, 5) is 22.8. The second-order valence-corrected chi connectivity index (χ2v) is 7.16. The topological polar surface area (TPSA) is 122 Å². The highest BCUT2D eigenvalue weighted by molar-refractivity contribution is 5.96. The zero-order valence-corrected chi connectivity index (χ0v) is 15.4. The molecule has 0 unspecified atom stereocenters. The van der Waals surface area contributed by atoms with Gasteiger partial charge < -0.3 is 21.7 Å². The van der Waals surface area contributed by atoms with Gasteiger partial charge in [-0.1, -0.05) is 26.8 Å². The summed E-state index contributed by atoms with van der Waals surface area (Å²) in [6, 6.07) is 8.87. The van der Waals surface area contributed by atoms with Gasteiger partial charge in [-0.3, -0.25) is 9.59 Å². The molecule has 0 bridgehead atoms. The van der Waals surface area contributed by atoms with Crippen molar-refractivity contribution in [1.29, 1.82) is 0 Å². The first-order valence-corrected chi connectivity index (χ1v) is 8.20. The first-order chi connectivity index (χ1) is 12.1. The van der Waals surface area contributed by atoms with Crippen LogP contribution in [0, 0.1) is 5.41 Å². The first kappa shape index (κ1) is 19.2. The molecule has 8 nitrogen and oxygen atoms in total. The number of carbonyl (C=O) groups is 2. The molecule has 2 amide bonds. The minimum atomic E-state index is -0.645. The molecule has 1 aromatic heterocycles. The van der Waals surface area contributed by atoms with Crippen molar-refractivity contribution in [2.45, 2.75) is 27.7 Å². The van der Waals surface area contributed by atoms with Crippen LogP contribution in [0.2, 0.25) is 0 Å². The Kier molecular flexibility index (Phi) is 5.76. The van der Waals surface area contributed by atoms with E-state index >= 15 is 0 Å². The lowest BCUT2D eigenvalue weighted by Crippen LogP contribution is -2.23. The van der Waals surface area contributed by atoms with E-state index in [1.165, 1.54) is 6.92 Å². The number of hydrogen-bond donors (Lipinski definition) is 4. The third-order valence-corrected chi connectivity index (χ3v) is 3.29. The van der Waals surface area contributed by atoms with Crippen molar-refractivity contribution >= 4 is 34.7 Å². The summed E-state index contributed by atoms with van der Waals surface area (Å²) in [5, 5.41) is 16.9. The van der Waals surface area contributed by atoms with Crippen molar-refractivity contribution in [2.24, 2.45) is 11.1 Å². The number of carbonyl (C=O) groups excluding carboxylic acids is 2. The third kappa shape index (κ3) is 5.73. The number of nitrogens with two attached hydrogens (primary N) is 1. The Morgan fingerprint density at radius 3 is 2.42 bits per heavy atom. The average molecular weight is 356 g/mol. The molecule has 0 fully saturated rings. The maximum absolute atomic E-state index is 11.6. The molecule has 5 N–H and O–H groups in total. The number of anilines is 4. The highest BCUT2D eigenvalue weighted by Crippen LogP contribution is 2.23. The Balaban J connectivity index is 2.24. The van der Waals surface area contributed by atoms with Gasteiger partial charge in [0.25, 0.3) is 5.91 Å². The molecule has 8 heteroatoms. The van der Waals surface area contributed by atoms with E-state index in [-0.39, 0.29) is 17.0 Å². The molecule has 1 heterocycles. The molecule has 0 aliphatic carbocycles. The quantitative estimate of drug-likeness (QED) is 0.631. The number of hydrogen-bond acceptors (Lipinski definition) is 6. The summed E-state index contributed by atoms with van der Waals surface area (Å²) < 4.78 is 0. The number of amides is 2. The highest BCUT2D eigenvalue weighted by atomic mass is 16.1. The van der Waals surface area contributed by atoms with Crippen molar-refractivity contribution < 1.29 is 9.59 Å². The van der Waals surface area contributed by atoms with Gasteiger partial charge in [0.15, 0.2) is 11.5 Å². The monoisotopic (exact) mass is 356 g/mol. The van der Waals surface area contributed by atoms with Crippen LogP contribution in [0.15, 0.2) is 30.3 Å². The SMILES string of the molecule is CC(=O)Nc1cccc(Nc2cc(NCC(C)(C)C)c(C(N)=O)nn2)c1. The van der Waals surface area contributed by atoms with Gasteiger partial charge in [-0.15, -0.1) is 10.2 Å². The van der Waals surface area contributed by atoms with Crippen molar-refractivity contribution in [3.05, 3.63) is 36.0 Å². The van der Waals surface area contributed by atoms with Crippen molar-refractivity contribution in [3.63, 3.8) is 0 Å². The Bertz CT molecular complexity index is 814. The zero-order chi connectivity index (χ0) is 19.3. The number of aromatic nitrogens is 2. The average Bonchev–Trinajstić information content (AvgIpc) is 2.52. The Morgan fingerprint density at radius 1 is 1.12 bits per heavy atom. The van der Waals surface area contributed by atoms with E-state index in [0.717, 1.165) is 5.69 Å². The van der Waals surface area contributed by atoms with E-state index in [1.54, 1.807) is 24.3 Å². The predicted molar refractivity (Wildman–Crippen MR) is 103 cm³/mol. The molecule has 0 saturated carbocycles. The fraction of sp³-hybridized carbons (Fsp3) is 0.333. The van der Waals surface area contributed by atoms with Crippen LogP contribution in [-0.2, 0) is 4.79 Å². The van der Waals surface area contributed by atoms with Gasteiger partial charge in [0.05, 0.1) is 5.69 Å². The van der Waals surface area contributed by atoms with Gasteiger partial charge in [0, 0.05) is 30.9 Å². The third-order valence-electron chi connectivity index (χ3n) is 3.29. The van der Waals surface area contributed by atoms with Gasteiger partial charge in [0.2, 0.25) is 5.91 Å². The molecule has 1 aromatic carbocycles. The van der Waals surface area contributed by atoms with E-state index in [2.05, 4.69) is 46.9 Å². The second-order valence-electron chi connectivity index (χ2n) is 7.16. The summed E-state index contributed by atoms with van der Waals surface area (Å²) in [5.74, 6) is -0.346. The molecule has 2 aromatic rings.